The number of aromatic nitrogens is 3. The number of nitrogen functional groups attached to an aromatic ring is 1. The average molecular weight is 410 g/mol. The number of nitrogens with one attached hydrogen (secondary N) is 1. The van der Waals surface area contributed by atoms with E-state index >= 15 is 0 Å². The zero-order valence-corrected chi connectivity index (χ0v) is 17.4. The minimum Gasteiger partial charge on any atom is -0.399 e. The number of nitrogens with two attached hydrogens (primary N) is 1. The predicted octanol–water partition coefficient (Wildman–Crippen LogP) is 3.78. The third-order valence-electron chi connectivity index (χ3n) is 4.45. The predicted molar refractivity (Wildman–Crippen MR) is 116 cm³/mol. The fourth-order valence-electron chi connectivity index (χ4n) is 2.81. The molecule has 150 valence electrons. The van der Waals surface area contributed by atoms with Gasteiger partial charge in [0.05, 0.1) is 5.25 Å². The van der Waals surface area contributed by atoms with Gasteiger partial charge in [0, 0.05) is 29.5 Å². The summed E-state index contributed by atoms with van der Waals surface area (Å²) in [5, 5.41) is 11.7. The van der Waals surface area contributed by atoms with E-state index in [1.54, 1.807) is 24.3 Å². The lowest BCUT2D eigenvalue weighted by Gasteiger charge is -2.14. The number of benzene rings is 2. The molecule has 3 aromatic rings. The van der Waals surface area contributed by atoms with Crippen molar-refractivity contribution in [2.24, 2.45) is 7.05 Å². The van der Waals surface area contributed by atoms with Crippen molar-refractivity contribution in [1.29, 1.82) is 0 Å². The molecular weight excluding hydrogens is 386 g/mol. The largest absolute Gasteiger partial charge is 0.399 e. The molecular formula is C21H23N5O2S. The first-order chi connectivity index (χ1) is 13.9. The summed E-state index contributed by atoms with van der Waals surface area (Å²) in [4.78, 5) is 24.1. The minimum atomic E-state index is -0.334. The highest BCUT2D eigenvalue weighted by molar-refractivity contribution is 8.00. The highest BCUT2D eigenvalue weighted by Gasteiger charge is 2.22. The van der Waals surface area contributed by atoms with Gasteiger partial charge in [-0.2, -0.15) is 0 Å². The van der Waals surface area contributed by atoms with Gasteiger partial charge in [0.25, 0.3) is 0 Å². The Kier molecular flexibility index (Phi) is 6.33. The molecule has 0 saturated carbocycles. The maximum atomic E-state index is 12.7. The zero-order chi connectivity index (χ0) is 21.0. The van der Waals surface area contributed by atoms with Gasteiger partial charge in [0.15, 0.2) is 16.8 Å². The molecule has 8 heteroatoms. The first-order valence-corrected chi connectivity index (χ1v) is 10.1. The second kappa shape index (κ2) is 8.91. The summed E-state index contributed by atoms with van der Waals surface area (Å²) in [6, 6.07) is 14.3. The molecule has 0 aliphatic carbocycles. The summed E-state index contributed by atoms with van der Waals surface area (Å²) in [5.41, 5.74) is 8.64. The maximum Gasteiger partial charge on any atom is 0.237 e. The topological polar surface area (TPSA) is 103 Å². The number of hydrogen-bond acceptors (Lipinski definition) is 6. The molecule has 0 saturated heterocycles. The first kappa shape index (κ1) is 20.6. The van der Waals surface area contributed by atoms with Gasteiger partial charge < -0.3 is 15.6 Å². The fraction of sp³-hybridized carbons (Fsp3) is 0.238. The molecule has 2 aromatic carbocycles. The Morgan fingerprint density at radius 3 is 2.52 bits per heavy atom. The van der Waals surface area contributed by atoms with Crippen LogP contribution in [0.4, 0.5) is 11.4 Å². The van der Waals surface area contributed by atoms with E-state index in [2.05, 4.69) is 15.5 Å². The van der Waals surface area contributed by atoms with E-state index in [0.29, 0.717) is 34.3 Å². The molecule has 0 fully saturated rings. The lowest BCUT2D eigenvalue weighted by molar-refractivity contribution is -0.115. The van der Waals surface area contributed by atoms with Crippen LogP contribution in [0, 0.1) is 0 Å². The number of carbonyl (C=O) groups excluding carboxylic acids is 2. The van der Waals surface area contributed by atoms with E-state index in [-0.39, 0.29) is 16.9 Å². The molecule has 1 atom stereocenters. The summed E-state index contributed by atoms with van der Waals surface area (Å²) in [6.07, 6.45) is 0.627. The standard InChI is InChI=1S/C21H23N5O2S/c1-4-18(20(28)23-17-10-8-14(9-11-17)13(2)27)29-21-25-24-19(26(21)3)15-6-5-7-16(22)12-15/h5-12,18H,4,22H2,1-3H3,(H,23,28)/t18-/m0/s1. The first-order valence-electron chi connectivity index (χ1n) is 9.23. The number of thioether (sulfide) groups is 1. The van der Waals surface area contributed by atoms with Crippen LogP contribution in [0.2, 0.25) is 0 Å². The molecule has 0 radical (unpaired) electrons. The second-order valence-corrected chi connectivity index (χ2v) is 7.80. The summed E-state index contributed by atoms with van der Waals surface area (Å²) in [7, 11) is 1.87. The third kappa shape index (κ3) is 4.83. The van der Waals surface area contributed by atoms with Gasteiger partial charge in [0.2, 0.25) is 5.91 Å². The normalized spacial score (nSPS) is 11.8. The smallest absolute Gasteiger partial charge is 0.237 e. The molecule has 3 N–H and O–H groups in total. The van der Waals surface area contributed by atoms with Crippen LogP contribution < -0.4 is 11.1 Å². The average Bonchev–Trinajstić information content (AvgIpc) is 3.06. The van der Waals surface area contributed by atoms with Crippen LogP contribution >= 0.6 is 11.8 Å². The van der Waals surface area contributed by atoms with E-state index < -0.39 is 0 Å². The number of ketones is 1. The molecule has 1 heterocycles. The summed E-state index contributed by atoms with van der Waals surface area (Å²) < 4.78 is 1.86. The molecule has 7 nitrogen and oxygen atoms in total. The Morgan fingerprint density at radius 1 is 1.17 bits per heavy atom. The molecule has 0 aliphatic heterocycles. The fourth-order valence-corrected chi connectivity index (χ4v) is 3.73. The van der Waals surface area contributed by atoms with Crippen molar-refractivity contribution in [3.63, 3.8) is 0 Å². The van der Waals surface area contributed by atoms with Crippen molar-refractivity contribution < 1.29 is 9.59 Å². The summed E-state index contributed by atoms with van der Waals surface area (Å²) in [6.45, 7) is 3.46. The van der Waals surface area contributed by atoms with E-state index in [1.807, 2.05) is 42.8 Å². The third-order valence-corrected chi connectivity index (χ3v) is 5.85. The molecule has 3 rings (SSSR count). The second-order valence-electron chi connectivity index (χ2n) is 6.63. The SMILES string of the molecule is CC[C@H](Sc1nnc(-c2cccc(N)c2)n1C)C(=O)Nc1ccc(C(C)=O)cc1. The van der Waals surface area contributed by atoms with Crippen LogP contribution in [0.25, 0.3) is 11.4 Å². The molecule has 0 bridgehead atoms. The van der Waals surface area contributed by atoms with Gasteiger partial charge >= 0.3 is 0 Å². The number of rotatable bonds is 7. The maximum absolute atomic E-state index is 12.7. The quantitative estimate of drug-likeness (QED) is 0.350. The molecule has 1 amide bonds. The van der Waals surface area contributed by atoms with Crippen molar-refractivity contribution in [2.45, 2.75) is 30.7 Å². The molecule has 1 aromatic heterocycles. The van der Waals surface area contributed by atoms with E-state index in [4.69, 9.17) is 5.73 Å². The summed E-state index contributed by atoms with van der Waals surface area (Å²) >= 11 is 1.36. The Labute approximate surface area is 173 Å². The zero-order valence-electron chi connectivity index (χ0n) is 16.5. The van der Waals surface area contributed by atoms with Gasteiger partial charge in [-0.15, -0.1) is 10.2 Å². The van der Waals surface area contributed by atoms with Crippen molar-refractivity contribution in [3.8, 4) is 11.4 Å². The van der Waals surface area contributed by atoms with Crippen LogP contribution in [0.1, 0.15) is 30.6 Å². The highest BCUT2D eigenvalue weighted by atomic mass is 32.2. The molecule has 0 unspecified atom stereocenters. The number of nitrogens with zero attached hydrogens (tertiary/aromatic N) is 3. The van der Waals surface area contributed by atoms with Crippen molar-refractivity contribution in [1.82, 2.24) is 14.8 Å². The number of carbonyl (C=O) groups is 2. The Bertz CT molecular complexity index is 1030. The van der Waals surface area contributed by atoms with E-state index in [0.717, 1.165) is 5.56 Å². The van der Waals surface area contributed by atoms with E-state index in [9.17, 15) is 9.59 Å². The van der Waals surface area contributed by atoms with Gasteiger partial charge in [-0.1, -0.05) is 30.8 Å². The van der Waals surface area contributed by atoms with Crippen LogP contribution in [0.5, 0.6) is 0 Å². The van der Waals surface area contributed by atoms with Crippen LogP contribution in [-0.4, -0.2) is 31.7 Å². The van der Waals surface area contributed by atoms with Gasteiger partial charge in [0.1, 0.15) is 0 Å². The minimum absolute atomic E-state index is 0.0110. The van der Waals surface area contributed by atoms with Crippen LogP contribution in [-0.2, 0) is 11.8 Å². The number of anilines is 2. The molecule has 0 spiro atoms. The monoisotopic (exact) mass is 409 g/mol. The molecule has 29 heavy (non-hydrogen) atoms. The number of Topliss-reactive ketones (excluding diaryl/α,β-unsaturated/α-hetero) is 1. The number of hydrogen-bond donors (Lipinski definition) is 2. The van der Waals surface area contributed by atoms with Gasteiger partial charge in [-0.05, 0) is 49.7 Å². The number of amides is 1. The van der Waals surface area contributed by atoms with Crippen LogP contribution in [0.3, 0.4) is 0 Å². The van der Waals surface area contributed by atoms with Crippen LogP contribution in [0.15, 0.2) is 53.7 Å². The lowest BCUT2D eigenvalue weighted by atomic mass is 10.1. The molecule has 0 aliphatic rings. The Hall–Kier alpha value is -3.13. The van der Waals surface area contributed by atoms with Gasteiger partial charge in [-0.3, -0.25) is 9.59 Å². The Morgan fingerprint density at radius 2 is 1.90 bits per heavy atom. The highest BCUT2D eigenvalue weighted by Crippen LogP contribution is 2.28. The Balaban J connectivity index is 1.72. The lowest BCUT2D eigenvalue weighted by Crippen LogP contribution is -2.25. The van der Waals surface area contributed by atoms with Crippen molar-refractivity contribution in [3.05, 3.63) is 54.1 Å². The van der Waals surface area contributed by atoms with Crippen molar-refractivity contribution >= 4 is 34.8 Å². The summed E-state index contributed by atoms with van der Waals surface area (Å²) in [5.74, 6) is 0.555. The van der Waals surface area contributed by atoms with Gasteiger partial charge in [-0.25, -0.2) is 0 Å². The van der Waals surface area contributed by atoms with E-state index in [1.165, 1.54) is 18.7 Å². The van der Waals surface area contributed by atoms with Crippen molar-refractivity contribution in [2.75, 3.05) is 11.1 Å².